The molecule has 0 amide bonds. The van der Waals surface area contributed by atoms with Crippen LogP contribution >= 0.6 is 0 Å². The number of fused-ring (bicyclic) bond motifs is 1. The van der Waals surface area contributed by atoms with Gasteiger partial charge < -0.3 is 0 Å². The van der Waals surface area contributed by atoms with Crippen LogP contribution in [0.5, 0.6) is 0 Å². The first-order chi connectivity index (χ1) is 6.33. The van der Waals surface area contributed by atoms with E-state index in [1.807, 2.05) is 6.08 Å². The molecule has 2 nitrogen and oxygen atoms in total. The minimum atomic E-state index is 0.862. The third kappa shape index (κ3) is 1.24. The van der Waals surface area contributed by atoms with Crippen molar-refractivity contribution in [3.05, 3.63) is 43.2 Å². The molecule has 0 aliphatic rings. The van der Waals surface area contributed by atoms with E-state index in [4.69, 9.17) is 0 Å². The maximum atomic E-state index is 3.74. The number of benzene rings is 1. The highest BCUT2D eigenvalue weighted by atomic mass is 15.1. The van der Waals surface area contributed by atoms with Gasteiger partial charge in [0, 0.05) is 0 Å². The van der Waals surface area contributed by atoms with Gasteiger partial charge in [0.05, 0.1) is 7.05 Å². The smallest absolute Gasteiger partial charge is 0.233 e. The fourth-order valence-electron chi connectivity index (χ4n) is 1.62. The fourth-order valence-corrected chi connectivity index (χ4v) is 1.62. The van der Waals surface area contributed by atoms with Crippen molar-refractivity contribution in [1.82, 2.24) is 4.57 Å². The topological polar surface area (TPSA) is 8.81 Å². The molecule has 0 aliphatic heterocycles. The predicted octanol–water partition coefficient (Wildman–Crippen LogP) is 1.65. The van der Waals surface area contributed by atoms with Gasteiger partial charge in [-0.05, 0) is 12.1 Å². The van der Waals surface area contributed by atoms with Gasteiger partial charge in [0.2, 0.25) is 6.33 Å². The minimum absolute atomic E-state index is 0.862. The molecule has 0 unspecified atom stereocenters. The average Bonchev–Trinajstić information content (AvgIpc) is 2.46. The molecule has 13 heavy (non-hydrogen) atoms. The van der Waals surface area contributed by atoms with Crippen LogP contribution in [0.15, 0.2) is 43.2 Å². The zero-order chi connectivity index (χ0) is 9.26. The van der Waals surface area contributed by atoms with E-state index in [2.05, 4.69) is 53.4 Å². The SMILES string of the molecule is C=CC[n+]1cn(C)c2ccccc21. The van der Waals surface area contributed by atoms with Gasteiger partial charge in [-0.1, -0.05) is 24.8 Å². The van der Waals surface area contributed by atoms with Crippen molar-refractivity contribution in [2.45, 2.75) is 6.54 Å². The molecule has 0 atom stereocenters. The molecule has 2 rings (SSSR count). The molecule has 66 valence electrons. The minimum Gasteiger partial charge on any atom is -0.233 e. The van der Waals surface area contributed by atoms with Crippen LogP contribution < -0.4 is 4.57 Å². The number of hydrogen-bond acceptors (Lipinski definition) is 0. The van der Waals surface area contributed by atoms with Gasteiger partial charge in [0.25, 0.3) is 0 Å². The Hall–Kier alpha value is -1.57. The van der Waals surface area contributed by atoms with Gasteiger partial charge in [0.15, 0.2) is 11.0 Å². The number of imidazole rings is 1. The molecule has 2 aromatic rings. The van der Waals surface area contributed by atoms with Crippen LogP contribution in [0.1, 0.15) is 0 Å². The summed E-state index contributed by atoms with van der Waals surface area (Å²) in [5, 5.41) is 0. The van der Waals surface area contributed by atoms with Crippen molar-refractivity contribution in [2.75, 3.05) is 0 Å². The molecule has 0 spiro atoms. The van der Waals surface area contributed by atoms with Crippen LogP contribution in [0.4, 0.5) is 0 Å². The third-order valence-electron chi connectivity index (χ3n) is 2.21. The number of nitrogens with zero attached hydrogens (tertiary/aromatic N) is 2. The molecule has 0 bridgehead atoms. The molecule has 0 radical (unpaired) electrons. The summed E-state index contributed by atoms with van der Waals surface area (Å²) in [4.78, 5) is 0. The van der Waals surface area contributed by atoms with Gasteiger partial charge in [-0.25, -0.2) is 9.13 Å². The second-order valence-corrected chi connectivity index (χ2v) is 3.16. The van der Waals surface area contributed by atoms with E-state index in [1.165, 1.54) is 11.0 Å². The standard InChI is InChI=1S/C11H13N2/c1-3-8-13-9-12(2)10-6-4-5-7-11(10)13/h3-7,9H,1,8H2,2H3/q+1. The number of aromatic nitrogens is 2. The summed E-state index contributed by atoms with van der Waals surface area (Å²) in [6, 6.07) is 8.36. The van der Waals surface area contributed by atoms with E-state index in [1.54, 1.807) is 0 Å². The van der Waals surface area contributed by atoms with Crippen molar-refractivity contribution >= 4 is 11.0 Å². The molecule has 1 heterocycles. The molecule has 0 fully saturated rings. The molecular weight excluding hydrogens is 160 g/mol. The van der Waals surface area contributed by atoms with E-state index in [-0.39, 0.29) is 0 Å². The van der Waals surface area contributed by atoms with E-state index in [0.717, 1.165) is 6.54 Å². The molecule has 0 saturated heterocycles. The van der Waals surface area contributed by atoms with E-state index < -0.39 is 0 Å². The summed E-state index contributed by atoms with van der Waals surface area (Å²) < 4.78 is 4.31. The van der Waals surface area contributed by atoms with Crippen molar-refractivity contribution in [3.8, 4) is 0 Å². The quantitative estimate of drug-likeness (QED) is 0.482. The van der Waals surface area contributed by atoms with Crippen LogP contribution in [0.2, 0.25) is 0 Å². The predicted molar refractivity (Wildman–Crippen MR) is 53.3 cm³/mol. The first kappa shape index (κ1) is 8.05. The Bertz CT molecular complexity index is 440. The molecule has 2 heteroatoms. The lowest BCUT2D eigenvalue weighted by Gasteiger charge is -1.89. The second kappa shape index (κ2) is 3.05. The number of rotatable bonds is 2. The van der Waals surface area contributed by atoms with Crippen molar-refractivity contribution < 1.29 is 4.57 Å². The van der Waals surface area contributed by atoms with Gasteiger partial charge in [-0.15, -0.1) is 0 Å². The number of aryl methyl sites for hydroxylation is 1. The molecule has 0 saturated carbocycles. The first-order valence-electron chi connectivity index (χ1n) is 4.37. The summed E-state index contributed by atoms with van der Waals surface area (Å²) in [6.45, 7) is 4.60. The van der Waals surface area contributed by atoms with Crippen molar-refractivity contribution in [3.63, 3.8) is 0 Å². The lowest BCUT2D eigenvalue weighted by molar-refractivity contribution is -0.661. The van der Waals surface area contributed by atoms with E-state index >= 15 is 0 Å². The molecule has 1 aromatic carbocycles. The normalized spacial score (nSPS) is 10.5. The Morgan fingerprint density at radius 1 is 1.46 bits per heavy atom. The monoisotopic (exact) mass is 173 g/mol. The van der Waals surface area contributed by atoms with Crippen LogP contribution in [-0.2, 0) is 13.6 Å². The lowest BCUT2D eigenvalue weighted by atomic mass is 10.3. The lowest BCUT2D eigenvalue weighted by Crippen LogP contribution is -2.30. The number of hydrogen-bond donors (Lipinski definition) is 0. The maximum Gasteiger partial charge on any atom is 0.244 e. The second-order valence-electron chi connectivity index (χ2n) is 3.16. The van der Waals surface area contributed by atoms with Gasteiger partial charge >= 0.3 is 0 Å². The summed E-state index contributed by atoms with van der Waals surface area (Å²) in [7, 11) is 2.06. The Labute approximate surface area is 77.7 Å². The molecule has 0 N–H and O–H groups in total. The summed E-state index contributed by atoms with van der Waals surface area (Å²) in [6.07, 6.45) is 4.00. The van der Waals surface area contributed by atoms with E-state index in [0.29, 0.717) is 0 Å². The summed E-state index contributed by atoms with van der Waals surface area (Å²) in [5.41, 5.74) is 2.51. The molecule has 0 aliphatic carbocycles. The summed E-state index contributed by atoms with van der Waals surface area (Å²) >= 11 is 0. The average molecular weight is 173 g/mol. The van der Waals surface area contributed by atoms with Gasteiger partial charge in [-0.2, -0.15) is 0 Å². The first-order valence-corrected chi connectivity index (χ1v) is 4.37. The van der Waals surface area contributed by atoms with Crippen LogP contribution in [0.3, 0.4) is 0 Å². The molecular formula is C11H13N2+. The highest BCUT2D eigenvalue weighted by Gasteiger charge is 2.09. The molecule has 1 aromatic heterocycles. The maximum absolute atomic E-state index is 3.74. The largest absolute Gasteiger partial charge is 0.244 e. The zero-order valence-corrected chi connectivity index (χ0v) is 7.77. The number of para-hydroxylation sites is 2. The van der Waals surface area contributed by atoms with Crippen LogP contribution in [0, 0.1) is 0 Å². The van der Waals surface area contributed by atoms with Crippen molar-refractivity contribution in [1.29, 1.82) is 0 Å². The summed E-state index contributed by atoms with van der Waals surface area (Å²) in [5.74, 6) is 0. The number of allylic oxidation sites excluding steroid dienone is 1. The van der Waals surface area contributed by atoms with Crippen LogP contribution in [0.25, 0.3) is 11.0 Å². The van der Waals surface area contributed by atoms with E-state index in [9.17, 15) is 0 Å². The Morgan fingerprint density at radius 2 is 2.23 bits per heavy atom. The van der Waals surface area contributed by atoms with Crippen molar-refractivity contribution in [2.24, 2.45) is 7.05 Å². The zero-order valence-electron chi connectivity index (χ0n) is 7.77. The Balaban J connectivity index is 2.70. The Morgan fingerprint density at radius 3 is 3.00 bits per heavy atom. The van der Waals surface area contributed by atoms with Gasteiger partial charge in [0.1, 0.15) is 6.54 Å². The highest BCUT2D eigenvalue weighted by Crippen LogP contribution is 2.08. The highest BCUT2D eigenvalue weighted by molar-refractivity contribution is 5.71. The van der Waals surface area contributed by atoms with Crippen LogP contribution in [-0.4, -0.2) is 4.57 Å². The van der Waals surface area contributed by atoms with Gasteiger partial charge in [-0.3, -0.25) is 0 Å². The Kier molecular flexibility index (Phi) is 1.89. The fraction of sp³-hybridized carbons (Fsp3) is 0.182. The third-order valence-corrected chi connectivity index (χ3v) is 2.21.